The smallest absolute Gasteiger partial charge is 0.321 e. The fourth-order valence-electron chi connectivity index (χ4n) is 6.95. The average molecular weight is 641 g/mol. The van der Waals surface area contributed by atoms with Crippen molar-refractivity contribution in [1.29, 1.82) is 0 Å². The van der Waals surface area contributed by atoms with Gasteiger partial charge in [-0.2, -0.15) is 0 Å². The summed E-state index contributed by atoms with van der Waals surface area (Å²) >= 11 is 0. The van der Waals surface area contributed by atoms with Crippen molar-refractivity contribution < 1.29 is 38.6 Å². The summed E-state index contributed by atoms with van der Waals surface area (Å²) in [6.07, 6.45) is 5.19. The standard InChI is InChI=1S/C35H36N4O8/c1-7-18-15(3)23(39-34(18)45)11-22-16(4)20(9-10-27(42)43)31(37-22)29-30(35(46)47-6)33(44)28-17(5)24(38-32(28)29)12-25-19(8-2)21(13-40)26(14-41)36-25/h7,11,13-14,16,20,30,36,38H,1,8-10,12H2,2-6H3,(H,39,45)(H,42,43). The van der Waals surface area contributed by atoms with Crippen molar-refractivity contribution in [2.45, 2.75) is 53.4 Å². The lowest BCUT2D eigenvalue weighted by Gasteiger charge is -2.20. The van der Waals surface area contributed by atoms with Crippen molar-refractivity contribution in [2.75, 3.05) is 7.11 Å². The zero-order valence-corrected chi connectivity index (χ0v) is 26.8. The molecule has 2 aromatic heterocycles. The summed E-state index contributed by atoms with van der Waals surface area (Å²) in [5.41, 5.74) is 6.66. The molecule has 0 aromatic carbocycles. The molecule has 3 unspecified atom stereocenters. The Bertz CT molecular complexity index is 1900. The summed E-state index contributed by atoms with van der Waals surface area (Å²) in [6, 6.07) is 0. The van der Waals surface area contributed by atoms with Gasteiger partial charge in [0, 0.05) is 69.7 Å². The number of hydrogen-bond donors (Lipinski definition) is 4. The Hall–Kier alpha value is -5.39. The summed E-state index contributed by atoms with van der Waals surface area (Å²) in [5, 5.41) is 12.4. The van der Waals surface area contributed by atoms with E-state index in [1.165, 1.54) is 13.2 Å². The van der Waals surface area contributed by atoms with Crippen LogP contribution >= 0.6 is 0 Å². The Morgan fingerprint density at radius 3 is 2.40 bits per heavy atom. The molecule has 3 aliphatic rings. The lowest BCUT2D eigenvalue weighted by Crippen LogP contribution is -2.24. The van der Waals surface area contributed by atoms with Gasteiger partial charge in [-0.1, -0.05) is 26.5 Å². The number of aromatic nitrogens is 2. The van der Waals surface area contributed by atoms with Gasteiger partial charge in [0.15, 0.2) is 18.4 Å². The number of aldehydes is 2. The summed E-state index contributed by atoms with van der Waals surface area (Å²) in [7, 11) is 1.20. The molecule has 4 N–H and O–H groups in total. The number of amides is 1. The summed E-state index contributed by atoms with van der Waals surface area (Å²) in [6.45, 7) is 11.0. The van der Waals surface area contributed by atoms with Gasteiger partial charge in [0.25, 0.3) is 5.91 Å². The number of Topliss-reactive ketones (excluding diaryl/α,β-unsaturated/α-hetero) is 1. The number of aliphatic imine (C=N–C) groups is 1. The number of carboxylic acid groups (broad SMARTS) is 1. The van der Waals surface area contributed by atoms with Crippen molar-refractivity contribution in [2.24, 2.45) is 22.7 Å². The molecule has 0 fully saturated rings. The first-order chi connectivity index (χ1) is 22.4. The number of fused-ring (bicyclic) bond motifs is 1. The molecule has 0 spiro atoms. The van der Waals surface area contributed by atoms with Crippen LogP contribution in [0, 0.1) is 24.7 Å². The lowest BCUT2D eigenvalue weighted by molar-refractivity contribution is -0.142. The number of nitrogens with one attached hydrogen (secondary N) is 3. The second-order valence-electron chi connectivity index (χ2n) is 11.9. The minimum atomic E-state index is -1.32. The number of carbonyl (C=O) groups is 6. The van der Waals surface area contributed by atoms with Crippen LogP contribution in [0.5, 0.6) is 0 Å². The van der Waals surface area contributed by atoms with Crippen LogP contribution in [0.4, 0.5) is 0 Å². The van der Waals surface area contributed by atoms with Crippen molar-refractivity contribution >= 4 is 47.5 Å². The van der Waals surface area contributed by atoms with E-state index in [1.54, 1.807) is 19.9 Å². The average Bonchev–Trinajstić information content (AvgIpc) is 3.79. The molecule has 1 amide bonds. The Balaban J connectivity index is 1.71. The predicted molar refractivity (Wildman–Crippen MR) is 172 cm³/mol. The van der Waals surface area contributed by atoms with Crippen molar-refractivity contribution in [3.05, 3.63) is 86.3 Å². The molecular formula is C35H36N4O8. The molecule has 4 heterocycles. The number of carboxylic acids is 1. The maximum Gasteiger partial charge on any atom is 0.321 e. The number of hydrogen-bond acceptors (Lipinski definition) is 8. The highest BCUT2D eigenvalue weighted by atomic mass is 16.5. The van der Waals surface area contributed by atoms with E-state index in [0.29, 0.717) is 92.2 Å². The molecule has 0 radical (unpaired) electrons. The normalized spacial score (nSPS) is 22.9. The SMILES string of the molecule is C=CC1=C(C)C(=CC2=NC(=C3c4[nH]c(Cc5[nH]c(C=O)c(C=O)c5CC)c(C)c4C(=O)C3C(=O)OC)C(CCC(=O)O)C2C)NC1=O. The third-order valence-corrected chi connectivity index (χ3v) is 9.48. The molecule has 1 aliphatic carbocycles. The van der Waals surface area contributed by atoms with Gasteiger partial charge in [0.05, 0.1) is 24.2 Å². The van der Waals surface area contributed by atoms with Crippen LogP contribution in [0.1, 0.15) is 93.0 Å². The molecule has 2 aliphatic heterocycles. The highest BCUT2D eigenvalue weighted by molar-refractivity contribution is 6.24. The number of nitrogens with zero attached hydrogens (tertiary/aromatic N) is 1. The van der Waals surface area contributed by atoms with Gasteiger partial charge in [-0.25, -0.2) is 0 Å². The predicted octanol–water partition coefficient (Wildman–Crippen LogP) is 4.21. The van der Waals surface area contributed by atoms with Crippen LogP contribution in [0.25, 0.3) is 5.57 Å². The van der Waals surface area contributed by atoms with Crippen LogP contribution in [0.3, 0.4) is 0 Å². The van der Waals surface area contributed by atoms with E-state index in [2.05, 4.69) is 21.9 Å². The van der Waals surface area contributed by atoms with Crippen LogP contribution in [0.15, 0.2) is 46.3 Å². The molecule has 0 bridgehead atoms. The topological polar surface area (TPSA) is 188 Å². The third kappa shape index (κ3) is 5.43. The fraction of sp³-hybridized carbons (Fsp3) is 0.343. The maximum absolute atomic E-state index is 14.0. The third-order valence-electron chi connectivity index (χ3n) is 9.48. The fourth-order valence-corrected chi connectivity index (χ4v) is 6.95. The van der Waals surface area contributed by atoms with Gasteiger partial charge in [0.2, 0.25) is 0 Å². The molecular weight excluding hydrogens is 604 g/mol. The Morgan fingerprint density at radius 1 is 1.11 bits per heavy atom. The van der Waals surface area contributed by atoms with Crippen LogP contribution in [-0.4, -0.2) is 64.1 Å². The number of methoxy groups -OCH3 is 1. The van der Waals surface area contributed by atoms with Crippen LogP contribution in [-0.2, 0) is 32.0 Å². The Kier molecular flexibility index (Phi) is 8.97. The number of rotatable bonds is 11. The quantitative estimate of drug-likeness (QED) is 0.160. The first-order valence-corrected chi connectivity index (χ1v) is 15.3. The number of esters is 1. The Labute approximate surface area is 270 Å². The first-order valence-electron chi connectivity index (χ1n) is 15.3. The van der Waals surface area contributed by atoms with Crippen LogP contribution < -0.4 is 5.32 Å². The minimum Gasteiger partial charge on any atom is -0.481 e. The molecule has 47 heavy (non-hydrogen) atoms. The van der Waals surface area contributed by atoms with E-state index in [0.717, 1.165) is 0 Å². The van der Waals surface area contributed by atoms with Gasteiger partial charge in [-0.05, 0) is 49.5 Å². The second kappa shape index (κ2) is 12.8. The molecule has 2 aromatic rings. The van der Waals surface area contributed by atoms with E-state index in [1.807, 2.05) is 13.8 Å². The van der Waals surface area contributed by atoms with E-state index in [9.17, 15) is 33.9 Å². The summed E-state index contributed by atoms with van der Waals surface area (Å²) in [4.78, 5) is 86.1. The molecule has 5 rings (SSSR count). The number of aromatic amines is 2. The monoisotopic (exact) mass is 640 g/mol. The van der Waals surface area contributed by atoms with Gasteiger partial charge < -0.3 is 25.1 Å². The molecule has 0 saturated carbocycles. The second-order valence-corrected chi connectivity index (χ2v) is 11.9. The van der Waals surface area contributed by atoms with E-state index < -0.39 is 29.6 Å². The maximum atomic E-state index is 14.0. The van der Waals surface area contributed by atoms with E-state index >= 15 is 0 Å². The Morgan fingerprint density at radius 2 is 1.83 bits per heavy atom. The summed E-state index contributed by atoms with van der Waals surface area (Å²) in [5.74, 6) is -4.66. The lowest BCUT2D eigenvalue weighted by atomic mass is 9.83. The number of ketones is 1. The van der Waals surface area contributed by atoms with Crippen LogP contribution in [0.2, 0.25) is 0 Å². The highest BCUT2D eigenvalue weighted by Crippen LogP contribution is 2.48. The van der Waals surface area contributed by atoms with Crippen molar-refractivity contribution in [3.63, 3.8) is 0 Å². The molecule has 12 heteroatoms. The van der Waals surface area contributed by atoms with Gasteiger partial charge in [0.1, 0.15) is 5.92 Å². The summed E-state index contributed by atoms with van der Waals surface area (Å²) < 4.78 is 5.08. The van der Waals surface area contributed by atoms with E-state index in [4.69, 9.17) is 9.73 Å². The first kappa shape index (κ1) is 33.0. The van der Waals surface area contributed by atoms with Crippen molar-refractivity contribution in [1.82, 2.24) is 15.3 Å². The largest absolute Gasteiger partial charge is 0.481 e. The number of H-pyrrole nitrogens is 2. The van der Waals surface area contributed by atoms with E-state index in [-0.39, 0.29) is 36.8 Å². The molecule has 12 nitrogen and oxygen atoms in total. The zero-order valence-electron chi connectivity index (χ0n) is 26.8. The molecule has 244 valence electrons. The number of allylic oxidation sites excluding steroid dienone is 3. The number of aliphatic carboxylic acids is 1. The molecule has 3 atom stereocenters. The number of carbonyl (C=O) groups excluding carboxylic acids is 5. The van der Waals surface area contributed by atoms with Gasteiger partial charge in [-0.15, -0.1) is 0 Å². The number of ether oxygens (including phenoxy) is 1. The minimum absolute atomic E-state index is 0.175. The van der Waals surface area contributed by atoms with Gasteiger partial charge >= 0.3 is 11.9 Å². The van der Waals surface area contributed by atoms with Crippen molar-refractivity contribution in [3.8, 4) is 0 Å². The van der Waals surface area contributed by atoms with Gasteiger partial charge in [-0.3, -0.25) is 33.8 Å². The highest BCUT2D eigenvalue weighted by Gasteiger charge is 2.48. The zero-order chi connectivity index (χ0) is 34.3. The molecule has 0 saturated heterocycles.